The minimum Gasteiger partial charge on any atom is -0.493 e. The van der Waals surface area contributed by atoms with Gasteiger partial charge < -0.3 is 29.9 Å². The van der Waals surface area contributed by atoms with Crippen molar-refractivity contribution in [1.82, 2.24) is 10.2 Å². The second kappa shape index (κ2) is 14.3. The average Bonchev–Trinajstić information content (AvgIpc) is 2.93. The minimum absolute atomic E-state index is 0.0364. The zero-order valence-electron chi connectivity index (χ0n) is 21.3. The van der Waals surface area contributed by atoms with Crippen molar-refractivity contribution in [3.8, 4) is 11.5 Å². The van der Waals surface area contributed by atoms with Gasteiger partial charge in [-0.3, -0.25) is 14.4 Å². The highest BCUT2D eigenvalue weighted by Crippen LogP contribution is 2.37. The fraction of sp³-hybridized carbons (Fsp3) is 0.370. The summed E-state index contributed by atoms with van der Waals surface area (Å²) < 4.78 is 12.2. The van der Waals surface area contributed by atoms with E-state index in [1.165, 1.54) is 24.2 Å². The van der Waals surface area contributed by atoms with Crippen LogP contribution in [0.5, 0.6) is 11.5 Å². The van der Waals surface area contributed by atoms with Crippen molar-refractivity contribution >= 4 is 63.9 Å². The van der Waals surface area contributed by atoms with Crippen molar-refractivity contribution in [3.63, 3.8) is 0 Å². The maximum absolute atomic E-state index is 13.2. The van der Waals surface area contributed by atoms with Gasteiger partial charge in [-0.05, 0) is 58.5 Å². The van der Waals surface area contributed by atoms with Crippen LogP contribution in [-0.2, 0) is 16.1 Å². The number of carbonyl (C=O) groups is 3. The highest BCUT2D eigenvalue weighted by atomic mass is 127. The summed E-state index contributed by atoms with van der Waals surface area (Å²) in [7, 11) is 1.43. The molecule has 2 amide bonds. The summed E-state index contributed by atoms with van der Waals surface area (Å²) in [6.07, 6.45) is 0.104. The summed E-state index contributed by atoms with van der Waals surface area (Å²) in [5.41, 5.74) is 1.36. The lowest BCUT2D eigenvalue weighted by Crippen LogP contribution is -2.54. The van der Waals surface area contributed by atoms with Crippen molar-refractivity contribution in [2.24, 2.45) is 0 Å². The zero-order valence-corrected chi connectivity index (χ0v) is 25.0. The number of ether oxygens (including phenoxy) is 2. The van der Waals surface area contributed by atoms with Gasteiger partial charge in [-0.25, -0.2) is 0 Å². The van der Waals surface area contributed by atoms with Crippen LogP contribution in [0.3, 0.4) is 0 Å². The molecule has 1 aliphatic carbocycles. The van der Waals surface area contributed by atoms with Gasteiger partial charge in [0.05, 0.1) is 33.4 Å². The van der Waals surface area contributed by atoms with E-state index in [1.54, 1.807) is 31.2 Å². The van der Waals surface area contributed by atoms with E-state index >= 15 is 0 Å². The third kappa shape index (κ3) is 7.63. The van der Waals surface area contributed by atoms with E-state index in [-0.39, 0.29) is 55.5 Å². The van der Waals surface area contributed by atoms with Crippen LogP contribution in [0.4, 0.5) is 0 Å². The molecule has 0 bridgehead atoms. The summed E-state index contributed by atoms with van der Waals surface area (Å²) >= 11 is 14.2. The number of hydrogen-bond donors (Lipinski definition) is 3. The smallest absolute Gasteiger partial charge is 0.247 e. The molecule has 12 heteroatoms. The van der Waals surface area contributed by atoms with Crippen molar-refractivity contribution < 1.29 is 34.1 Å². The summed E-state index contributed by atoms with van der Waals surface area (Å²) in [5.74, 6) is -0.151. The fourth-order valence-electron chi connectivity index (χ4n) is 4.27. The van der Waals surface area contributed by atoms with Crippen molar-refractivity contribution in [1.29, 1.82) is 0 Å². The number of hydrogen-bond acceptors (Lipinski definition) is 7. The Kier molecular flexibility index (Phi) is 11.4. The van der Waals surface area contributed by atoms with Crippen LogP contribution in [-0.4, -0.2) is 71.7 Å². The molecule has 3 unspecified atom stereocenters. The van der Waals surface area contributed by atoms with Crippen LogP contribution in [0.2, 0.25) is 10.0 Å². The Bertz CT molecular complexity index is 1260. The van der Waals surface area contributed by atoms with E-state index in [0.717, 1.165) is 0 Å². The largest absolute Gasteiger partial charge is 0.493 e. The molecule has 0 saturated heterocycles. The number of carbonyl (C=O) groups excluding carboxylic acids is 3. The number of aliphatic hydroxyl groups excluding tert-OH is 2. The topological polar surface area (TPSA) is 125 Å². The molecule has 0 heterocycles. The minimum atomic E-state index is -1.23. The Morgan fingerprint density at radius 1 is 1.23 bits per heavy atom. The summed E-state index contributed by atoms with van der Waals surface area (Å²) in [6, 6.07) is 7.28. The summed E-state index contributed by atoms with van der Waals surface area (Å²) in [5, 5.41) is 24.0. The lowest BCUT2D eigenvalue weighted by atomic mass is 9.87. The molecule has 2 aromatic rings. The molecule has 3 rings (SSSR count). The van der Waals surface area contributed by atoms with Crippen LogP contribution in [0.25, 0.3) is 0 Å². The molecule has 1 aliphatic rings. The van der Waals surface area contributed by atoms with E-state index < -0.39 is 24.2 Å². The number of rotatable bonds is 11. The Balaban J connectivity index is 2.03. The Labute approximate surface area is 250 Å². The van der Waals surface area contributed by atoms with Crippen molar-refractivity contribution in [2.75, 3.05) is 20.3 Å². The lowest BCUT2D eigenvalue weighted by Gasteiger charge is -2.40. The maximum atomic E-state index is 13.2. The number of benzene rings is 2. The lowest BCUT2D eigenvalue weighted by molar-refractivity contribution is -0.139. The summed E-state index contributed by atoms with van der Waals surface area (Å²) in [4.78, 5) is 38.9. The Morgan fingerprint density at radius 2 is 1.97 bits per heavy atom. The van der Waals surface area contributed by atoms with Crippen LogP contribution in [0.1, 0.15) is 35.7 Å². The van der Waals surface area contributed by atoms with Gasteiger partial charge in [-0.2, -0.15) is 0 Å². The van der Waals surface area contributed by atoms with Crippen LogP contribution < -0.4 is 14.8 Å². The Hall–Kier alpha value is -2.38. The number of amides is 2. The monoisotopic (exact) mass is 690 g/mol. The first-order chi connectivity index (χ1) is 18.6. The van der Waals surface area contributed by atoms with Gasteiger partial charge in [0.2, 0.25) is 11.8 Å². The van der Waals surface area contributed by atoms with Gasteiger partial charge in [0.1, 0.15) is 18.5 Å². The normalized spacial score (nSPS) is 18.6. The molecular weight excluding hydrogens is 662 g/mol. The molecule has 0 saturated carbocycles. The first kappa shape index (κ1) is 31.2. The van der Waals surface area contributed by atoms with Gasteiger partial charge >= 0.3 is 0 Å². The predicted molar refractivity (Wildman–Crippen MR) is 155 cm³/mol. The average molecular weight is 691 g/mol. The molecule has 2 aromatic carbocycles. The van der Waals surface area contributed by atoms with Crippen molar-refractivity contribution in [2.45, 2.75) is 44.6 Å². The molecule has 0 spiro atoms. The molecule has 0 aliphatic heterocycles. The number of nitrogens with one attached hydrogen (secondary N) is 1. The van der Waals surface area contributed by atoms with Crippen molar-refractivity contribution in [3.05, 3.63) is 66.7 Å². The zero-order chi connectivity index (χ0) is 28.7. The third-order valence-electron chi connectivity index (χ3n) is 6.22. The SMILES string of the molecule is CCC(=O)N(Cc1ccc(Cl)c(Cl)c1)C1CC(C(=O)NCCO)=CC(Oc2c(I)cc(C=O)cc2OC)C1O. The number of nitrogens with zero attached hydrogens (tertiary/aromatic N) is 1. The predicted octanol–water partition coefficient (Wildman–Crippen LogP) is 3.77. The number of halogens is 3. The van der Waals surface area contributed by atoms with Crippen LogP contribution in [0.15, 0.2) is 42.0 Å². The molecule has 9 nitrogen and oxygen atoms in total. The quantitative estimate of drug-likeness (QED) is 0.242. The van der Waals surface area contributed by atoms with Gasteiger partial charge in [-0.1, -0.05) is 36.2 Å². The molecule has 3 atom stereocenters. The van der Waals surface area contributed by atoms with Crippen LogP contribution in [0, 0.1) is 3.57 Å². The third-order valence-corrected chi connectivity index (χ3v) is 7.76. The van der Waals surface area contributed by atoms with E-state index in [1.807, 2.05) is 22.6 Å². The molecule has 3 N–H and O–H groups in total. The standard InChI is InChI=1S/C27H29Cl2IN2O7/c1-3-24(35)32(13-15-4-5-18(28)19(29)8-15)21-11-17(27(37)31-6-7-33)12-22(25(21)36)39-26-20(30)9-16(14-34)10-23(26)38-2/h4-5,8-10,12,14,21-22,25,33,36H,3,6-7,11,13H2,1-2H3,(H,31,37). The van der Waals surface area contributed by atoms with Gasteiger partial charge in [0.15, 0.2) is 11.5 Å². The number of aldehydes is 1. The molecule has 210 valence electrons. The highest BCUT2D eigenvalue weighted by molar-refractivity contribution is 14.1. The molecule has 0 aromatic heterocycles. The van der Waals surface area contributed by atoms with Gasteiger partial charge in [0.25, 0.3) is 0 Å². The second-order valence-corrected chi connectivity index (χ2v) is 10.8. The highest BCUT2D eigenvalue weighted by Gasteiger charge is 2.40. The summed E-state index contributed by atoms with van der Waals surface area (Å²) in [6.45, 7) is 1.61. The Morgan fingerprint density at radius 3 is 2.59 bits per heavy atom. The number of aliphatic hydroxyl groups is 2. The molecule has 39 heavy (non-hydrogen) atoms. The van der Waals surface area contributed by atoms with Crippen LogP contribution >= 0.6 is 45.8 Å². The van der Waals surface area contributed by atoms with E-state index in [2.05, 4.69) is 5.32 Å². The number of methoxy groups -OCH3 is 1. The van der Waals surface area contributed by atoms with Gasteiger partial charge in [-0.15, -0.1) is 0 Å². The first-order valence-corrected chi connectivity index (χ1v) is 14.0. The maximum Gasteiger partial charge on any atom is 0.247 e. The van der Waals surface area contributed by atoms with E-state index in [9.17, 15) is 24.6 Å². The van der Waals surface area contributed by atoms with E-state index in [4.69, 9.17) is 32.7 Å². The second-order valence-electron chi connectivity index (χ2n) is 8.79. The first-order valence-electron chi connectivity index (χ1n) is 12.1. The molecular formula is C27H29Cl2IN2O7. The molecule has 0 radical (unpaired) electrons. The van der Waals surface area contributed by atoms with E-state index in [0.29, 0.717) is 31.0 Å². The fourth-order valence-corrected chi connectivity index (χ4v) is 5.34. The molecule has 0 fully saturated rings. The van der Waals surface area contributed by atoms with Gasteiger partial charge in [0, 0.05) is 37.1 Å².